The summed E-state index contributed by atoms with van der Waals surface area (Å²) in [5.74, 6) is -1.36. The lowest BCUT2D eigenvalue weighted by Gasteiger charge is -2.13. The number of ketones is 2. The van der Waals surface area contributed by atoms with Crippen molar-refractivity contribution in [2.45, 2.75) is 51.3 Å². The molecule has 0 aliphatic carbocycles. The molecule has 4 nitrogen and oxygen atoms in total. The van der Waals surface area contributed by atoms with Crippen molar-refractivity contribution in [3.8, 4) is 0 Å². The number of benzene rings is 2. The molecule has 2 aromatic rings. The molecule has 2 aromatic carbocycles. The fourth-order valence-corrected chi connectivity index (χ4v) is 3.41. The summed E-state index contributed by atoms with van der Waals surface area (Å²) in [7, 11) is 0. The standard InChI is InChI=1S/C14H15F3O3.C10H8BrF3O/c1-3-20-13(19)7-6-10-4-5-11(9(2)18)8-12(10)14(15,16)17;1-6(15)7-2-3-8(5-11)9(4-7)10(12,13)14/h4-5,8H,3,6-7H2,1-2H3;2-4H,5H2,1H3. The van der Waals surface area contributed by atoms with Crippen LogP contribution in [0.15, 0.2) is 36.4 Å². The summed E-state index contributed by atoms with van der Waals surface area (Å²) in [5, 5.41) is 0.111. The van der Waals surface area contributed by atoms with Crippen molar-refractivity contribution in [2.75, 3.05) is 6.61 Å². The van der Waals surface area contributed by atoms with Crippen molar-refractivity contribution in [1.82, 2.24) is 0 Å². The van der Waals surface area contributed by atoms with E-state index in [0.29, 0.717) is 0 Å². The Hall–Kier alpha value is -2.69. The minimum atomic E-state index is -4.56. The van der Waals surface area contributed by atoms with Crippen LogP contribution in [0.1, 0.15) is 70.2 Å². The minimum Gasteiger partial charge on any atom is -0.466 e. The second kappa shape index (κ2) is 12.9. The van der Waals surface area contributed by atoms with Crippen LogP contribution in [-0.2, 0) is 33.6 Å². The monoisotopic (exact) mass is 568 g/mol. The molecule has 35 heavy (non-hydrogen) atoms. The first kappa shape index (κ1) is 30.3. The van der Waals surface area contributed by atoms with Gasteiger partial charge in [-0.25, -0.2) is 0 Å². The molecule has 0 atom stereocenters. The fraction of sp³-hybridized carbons (Fsp3) is 0.375. The Morgan fingerprint density at radius 3 is 1.60 bits per heavy atom. The molecule has 2 rings (SSSR count). The Morgan fingerprint density at radius 2 is 1.23 bits per heavy atom. The number of Topliss-reactive ketones (excluding diaryl/α,β-unsaturated/α-hetero) is 2. The number of esters is 1. The van der Waals surface area contributed by atoms with Crippen LogP contribution in [0.2, 0.25) is 0 Å². The van der Waals surface area contributed by atoms with Crippen molar-refractivity contribution < 1.29 is 45.5 Å². The summed E-state index contributed by atoms with van der Waals surface area (Å²) in [6.07, 6.45) is -9.19. The first-order valence-electron chi connectivity index (χ1n) is 10.3. The number of alkyl halides is 7. The zero-order chi connectivity index (χ0) is 27.0. The maximum absolute atomic E-state index is 12.9. The summed E-state index contributed by atoms with van der Waals surface area (Å²) < 4.78 is 81.1. The lowest BCUT2D eigenvalue weighted by molar-refractivity contribution is -0.144. The SMILES string of the molecule is CC(=O)c1ccc(CBr)c(C(F)(F)F)c1.CCOC(=O)CCc1ccc(C(C)=O)cc1C(F)(F)F. The van der Waals surface area contributed by atoms with E-state index in [4.69, 9.17) is 0 Å². The third-order valence-electron chi connectivity index (χ3n) is 4.69. The van der Waals surface area contributed by atoms with Crippen molar-refractivity contribution >= 4 is 33.5 Å². The van der Waals surface area contributed by atoms with E-state index in [2.05, 4.69) is 20.7 Å². The van der Waals surface area contributed by atoms with Crippen LogP contribution in [0.4, 0.5) is 26.3 Å². The van der Waals surface area contributed by atoms with E-state index in [1.54, 1.807) is 6.92 Å². The number of aryl methyl sites for hydroxylation is 1. The zero-order valence-electron chi connectivity index (χ0n) is 19.1. The normalized spacial score (nSPS) is 11.4. The third-order valence-corrected chi connectivity index (χ3v) is 5.30. The molecule has 0 aromatic heterocycles. The van der Waals surface area contributed by atoms with Crippen LogP contribution in [-0.4, -0.2) is 24.1 Å². The molecule has 0 saturated heterocycles. The Morgan fingerprint density at radius 1 is 0.800 bits per heavy atom. The summed E-state index contributed by atoms with van der Waals surface area (Å²) in [4.78, 5) is 33.3. The topological polar surface area (TPSA) is 60.4 Å². The van der Waals surface area contributed by atoms with Gasteiger partial charge >= 0.3 is 18.3 Å². The van der Waals surface area contributed by atoms with Crippen LogP contribution in [0.25, 0.3) is 0 Å². The quantitative estimate of drug-likeness (QED) is 0.153. The van der Waals surface area contributed by atoms with E-state index < -0.39 is 35.2 Å². The van der Waals surface area contributed by atoms with Gasteiger partial charge in [0.2, 0.25) is 0 Å². The van der Waals surface area contributed by atoms with E-state index in [0.717, 1.165) is 12.1 Å². The second-order valence-electron chi connectivity index (χ2n) is 7.29. The van der Waals surface area contributed by atoms with Crippen LogP contribution >= 0.6 is 15.9 Å². The molecule has 192 valence electrons. The molecule has 0 aliphatic heterocycles. The fourth-order valence-electron chi connectivity index (χ4n) is 2.92. The van der Waals surface area contributed by atoms with Crippen LogP contribution < -0.4 is 0 Å². The minimum absolute atomic E-state index is 0.00258. The highest BCUT2D eigenvalue weighted by atomic mass is 79.9. The van der Waals surface area contributed by atoms with Crippen LogP contribution in [0.3, 0.4) is 0 Å². The van der Waals surface area contributed by atoms with Crippen molar-refractivity contribution in [3.63, 3.8) is 0 Å². The highest BCUT2D eigenvalue weighted by molar-refractivity contribution is 9.08. The number of hydrogen-bond acceptors (Lipinski definition) is 4. The third kappa shape index (κ3) is 9.46. The zero-order valence-corrected chi connectivity index (χ0v) is 20.7. The Labute approximate surface area is 206 Å². The van der Waals surface area contributed by atoms with Crippen molar-refractivity contribution in [3.05, 3.63) is 69.8 Å². The van der Waals surface area contributed by atoms with Gasteiger partial charge < -0.3 is 4.74 Å². The number of carbonyl (C=O) groups excluding carboxylic acids is 3. The predicted molar refractivity (Wildman–Crippen MR) is 120 cm³/mol. The lowest BCUT2D eigenvalue weighted by atomic mass is 9.98. The van der Waals surface area contributed by atoms with E-state index in [1.807, 2.05) is 0 Å². The van der Waals surface area contributed by atoms with Gasteiger partial charge in [0.25, 0.3) is 0 Å². The Balaban J connectivity index is 0.000000365. The average Bonchev–Trinajstić information content (AvgIpc) is 2.76. The van der Waals surface area contributed by atoms with E-state index >= 15 is 0 Å². The van der Waals surface area contributed by atoms with Gasteiger partial charge in [-0.3, -0.25) is 14.4 Å². The van der Waals surface area contributed by atoms with Gasteiger partial charge in [0, 0.05) is 22.9 Å². The summed E-state index contributed by atoms with van der Waals surface area (Å²) in [5.41, 5.74) is -1.45. The molecular formula is C24H23BrF6O4. The molecule has 11 heteroatoms. The smallest absolute Gasteiger partial charge is 0.416 e. The number of hydrogen-bond donors (Lipinski definition) is 0. The second-order valence-corrected chi connectivity index (χ2v) is 7.85. The molecule has 0 amide bonds. The molecule has 0 aliphatic rings. The van der Waals surface area contributed by atoms with E-state index in [-0.39, 0.29) is 52.8 Å². The van der Waals surface area contributed by atoms with Crippen molar-refractivity contribution in [1.29, 1.82) is 0 Å². The Bertz CT molecular complexity index is 1060. The molecule has 0 heterocycles. The van der Waals surface area contributed by atoms with Gasteiger partial charge in [0.05, 0.1) is 17.7 Å². The predicted octanol–water partition coefficient (Wildman–Crippen LogP) is 7.21. The van der Waals surface area contributed by atoms with Gasteiger partial charge in [-0.15, -0.1) is 0 Å². The highest BCUT2D eigenvalue weighted by Gasteiger charge is 2.34. The number of rotatable bonds is 7. The molecule has 0 unspecified atom stereocenters. The van der Waals surface area contributed by atoms with Gasteiger partial charge in [-0.2, -0.15) is 26.3 Å². The number of ether oxygens (including phenoxy) is 1. The average molecular weight is 569 g/mol. The van der Waals surface area contributed by atoms with Crippen molar-refractivity contribution in [2.24, 2.45) is 0 Å². The number of halogens is 7. The van der Waals surface area contributed by atoms with Crippen LogP contribution in [0.5, 0.6) is 0 Å². The first-order chi connectivity index (χ1) is 16.1. The van der Waals surface area contributed by atoms with Crippen LogP contribution in [0, 0.1) is 0 Å². The molecule has 0 spiro atoms. The maximum atomic E-state index is 12.9. The molecule has 0 bridgehead atoms. The first-order valence-corrected chi connectivity index (χ1v) is 11.4. The van der Waals surface area contributed by atoms with E-state index in [9.17, 15) is 40.7 Å². The lowest BCUT2D eigenvalue weighted by Crippen LogP contribution is -2.13. The van der Waals surface area contributed by atoms with Gasteiger partial charge in [0.15, 0.2) is 11.6 Å². The van der Waals surface area contributed by atoms with Gasteiger partial charge in [-0.1, -0.05) is 40.2 Å². The summed E-state index contributed by atoms with van der Waals surface area (Å²) >= 11 is 2.98. The van der Waals surface area contributed by atoms with Gasteiger partial charge in [0.1, 0.15) is 0 Å². The Kier molecular flexibility index (Phi) is 11.1. The highest BCUT2D eigenvalue weighted by Crippen LogP contribution is 2.34. The molecular weight excluding hydrogens is 546 g/mol. The molecule has 0 fully saturated rings. The van der Waals surface area contributed by atoms with Gasteiger partial charge in [-0.05, 0) is 50.5 Å². The molecule has 0 radical (unpaired) electrons. The molecule has 0 N–H and O–H groups in total. The summed E-state index contributed by atoms with van der Waals surface area (Å²) in [6, 6.07) is 6.99. The maximum Gasteiger partial charge on any atom is 0.416 e. The number of carbonyl (C=O) groups is 3. The van der Waals surface area contributed by atoms with E-state index in [1.165, 1.54) is 38.1 Å². The largest absolute Gasteiger partial charge is 0.466 e. The molecule has 0 saturated carbocycles. The summed E-state index contributed by atoms with van der Waals surface area (Å²) in [6.45, 7) is 4.26.